The van der Waals surface area contributed by atoms with Gasteiger partial charge in [0.15, 0.2) is 0 Å². The second-order valence-corrected chi connectivity index (χ2v) is 6.31. The van der Waals surface area contributed by atoms with Crippen LogP contribution in [0.3, 0.4) is 0 Å². The van der Waals surface area contributed by atoms with E-state index in [-0.39, 0.29) is 5.56 Å². The molecule has 0 fully saturated rings. The molecule has 5 heteroatoms. The van der Waals surface area contributed by atoms with Crippen LogP contribution >= 0.6 is 0 Å². The molecule has 1 atom stereocenters. The van der Waals surface area contributed by atoms with E-state index < -0.39 is 21.1 Å². The molecule has 1 rings (SSSR count). The van der Waals surface area contributed by atoms with Crippen LogP contribution in [-0.2, 0) is 16.3 Å². The molecule has 1 aromatic carbocycles. The third-order valence-electron chi connectivity index (χ3n) is 2.45. The largest absolute Gasteiger partial charge is 0.478 e. The molecule has 0 saturated heterocycles. The number of hydrogen-bond donors (Lipinski definition) is 1. The summed E-state index contributed by atoms with van der Waals surface area (Å²) in [7, 11) is -3.04. The van der Waals surface area contributed by atoms with Crippen molar-refractivity contribution in [2.24, 2.45) is 0 Å². The van der Waals surface area contributed by atoms with Crippen molar-refractivity contribution in [1.29, 1.82) is 0 Å². The SMILES string of the molecule is CC(Cc1ccc(C(=O)O)cc1)S(C)(=O)=O. The smallest absolute Gasteiger partial charge is 0.335 e. The van der Waals surface area contributed by atoms with Gasteiger partial charge in [0.25, 0.3) is 0 Å². The third-order valence-corrected chi connectivity index (χ3v) is 4.08. The maximum Gasteiger partial charge on any atom is 0.335 e. The van der Waals surface area contributed by atoms with E-state index >= 15 is 0 Å². The van der Waals surface area contributed by atoms with Crippen LogP contribution in [0.15, 0.2) is 24.3 Å². The predicted molar refractivity (Wildman–Crippen MR) is 61.4 cm³/mol. The van der Waals surface area contributed by atoms with Crippen molar-refractivity contribution in [2.75, 3.05) is 6.26 Å². The molecule has 0 saturated carbocycles. The Morgan fingerprint density at radius 1 is 1.31 bits per heavy atom. The number of carboxylic acid groups (broad SMARTS) is 1. The van der Waals surface area contributed by atoms with Crippen LogP contribution in [0.5, 0.6) is 0 Å². The van der Waals surface area contributed by atoms with Crippen molar-refractivity contribution in [3.05, 3.63) is 35.4 Å². The van der Waals surface area contributed by atoms with Crippen LogP contribution < -0.4 is 0 Å². The first-order chi connectivity index (χ1) is 7.30. The molecule has 0 amide bonds. The highest BCUT2D eigenvalue weighted by Gasteiger charge is 2.15. The molecule has 0 aliphatic heterocycles. The minimum Gasteiger partial charge on any atom is -0.478 e. The zero-order valence-corrected chi connectivity index (χ0v) is 9.99. The van der Waals surface area contributed by atoms with Crippen molar-refractivity contribution in [2.45, 2.75) is 18.6 Å². The van der Waals surface area contributed by atoms with Gasteiger partial charge in [0, 0.05) is 6.26 Å². The van der Waals surface area contributed by atoms with Gasteiger partial charge in [-0.15, -0.1) is 0 Å². The van der Waals surface area contributed by atoms with Crippen LogP contribution in [-0.4, -0.2) is 31.0 Å². The number of aromatic carboxylic acids is 1. The summed E-state index contributed by atoms with van der Waals surface area (Å²) in [4.78, 5) is 10.6. The molecular formula is C11H14O4S. The average Bonchev–Trinajstić information content (AvgIpc) is 2.17. The maximum absolute atomic E-state index is 11.2. The van der Waals surface area contributed by atoms with E-state index in [0.717, 1.165) is 5.56 Å². The van der Waals surface area contributed by atoms with Crippen molar-refractivity contribution < 1.29 is 18.3 Å². The molecule has 4 nitrogen and oxygen atoms in total. The predicted octanol–water partition coefficient (Wildman–Crippen LogP) is 1.36. The molecule has 0 heterocycles. The van der Waals surface area contributed by atoms with Crippen LogP contribution in [0.1, 0.15) is 22.8 Å². The zero-order valence-electron chi connectivity index (χ0n) is 9.17. The van der Waals surface area contributed by atoms with Gasteiger partial charge in [-0.2, -0.15) is 0 Å². The van der Waals surface area contributed by atoms with Gasteiger partial charge in [-0.1, -0.05) is 12.1 Å². The van der Waals surface area contributed by atoms with Gasteiger partial charge in [0.1, 0.15) is 9.84 Å². The van der Waals surface area contributed by atoms with E-state index in [1.165, 1.54) is 18.4 Å². The van der Waals surface area contributed by atoms with E-state index in [2.05, 4.69) is 0 Å². The first-order valence-electron chi connectivity index (χ1n) is 4.82. The molecule has 1 N–H and O–H groups in total. The molecule has 0 spiro atoms. The van der Waals surface area contributed by atoms with E-state index in [0.29, 0.717) is 6.42 Å². The van der Waals surface area contributed by atoms with E-state index in [9.17, 15) is 13.2 Å². The van der Waals surface area contributed by atoms with Gasteiger partial charge in [0.2, 0.25) is 0 Å². The van der Waals surface area contributed by atoms with Crippen molar-refractivity contribution in [3.8, 4) is 0 Å². The summed E-state index contributed by atoms with van der Waals surface area (Å²) in [5.74, 6) is -0.984. The molecule has 1 aromatic rings. The van der Waals surface area contributed by atoms with Crippen LogP contribution in [0, 0.1) is 0 Å². The second kappa shape index (κ2) is 4.65. The van der Waals surface area contributed by atoms with Gasteiger partial charge >= 0.3 is 5.97 Å². The summed E-state index contributed by atoms with van der Waals surface area (Å²) in [6, 6.07) is 6.25. The topological polar surface area (TPSA) is 71.4 Å². The fourth-order valence-corrected chi connectivity index (χ4v) is 1.76. The number of carbonyl (C=O) groups is 1. The summed E-state index contributed by atoms with van der Waals surface area (Å²) < 4.78 is 22.4. The fourth-order valence-electron chi connectivity index (χ4n) is 1.27. The lowest BCUT2D eigenvalue weighted by Crippen LogP contribution is -2.18. The molecular weight excluding hydrogens is 228 g/mol. The summed E-state index contributed by atoms with van der Waals surface area (Å²) in [5.41, 5.74) is 1.03. The molecule has 16 heavy (non-hydrogen) atoms. The lowest BCUT2D eigenvalue weighted by Gasteiger charge is -2.09. The Hall–Kier alpha value is -1.36. The van der Waals surface area contributed by atoms with Crippen LogP contribution in [0.25, 0.3) is 0 Å². The van der Waals surface area contributed by atoms with E-state index in [1.54, 1.807) is 19.1 Å². The Bertz CT molecular complexity index is 473. The maximum atomic E-state index is 11.2. The molecule has 1 unspecified atom stereocenters. The number of rotatable bonds is 4. The summed E-state index contributed by atoms with van der Waals surface area (Å²) >= 11 is 0. The number of benzene rings is 1. The molecule has 0 radical (unpaired) electrons. The Balaban J connectivity index is 2.81. The van der Waals surface area contributed by atoms with Crippen LogP contribution in [0.4, 0.5) is 0 Å². The lowest BCUT2D eigenvalue weighted by molar-refractivity contribution is 0.0697. The fraction of sp³-hybridized carbons (Fsp3) is 0.364. The number of sulfone groups is 1. The van der Waals surface area contributed by atoms with Gasteiger partial charge < -0.3 is 5.11 Å². The Morgan fingerprint density at radius 3 is 2.19 bits per heavy atom. The normalized spacial score (nSPS) is 13.4. The Morgan fingerprint density at radius 2 is 1.81 bits per heavy atom. The Labute approximate surface area is 94.8 Å². The number of carboxylic acids is 1. The highest BCUT2D eigenvalue weighted by atomic mass is 32.2. The first-order valence-corrected chi connectivity index (χ1v) is 6.77. The highest BCUT2D eigenvalue weighted by Crippen LogP contribution is 2.10. The Kier molecular flexibility index (Phi) is 3.70. The summed E-state index contributed by atoms with van der Waals surface area (Å²) in [6.45, 7) is 1.64. The summed E-state index contributed by atoms with van der Waals surface area (Å²) in [5, 5.41) is 8.24. The molecule has 0 aromatic heterocycles. The van der Waals surface area contributed by atoms with Crippen molar-refractivity contribution >= 4 is 15.8 Å². The molecule has 88 valence electrons. The minimum atomic E-state index is -3.04. The first kappa shape index (κ1) is 12.7. The van der Waals surface area contributed by atoms with Crippen LogP contribution in [0.2, 0.25) is 0 Å². The zero-order chi connectivity index (χ0) is 12.3. The monoisotopic (exact) mass is 242 g/mol. The summed E-state index contributed by atoms with van der Waals surface area (Å²) in [6.07, 6.45) is 1.60. The van der Waals surface area contributed by atoms with E-state index in [4.69, 9.17) is 5.11 Å². The average molecular weight is 242 g/mol. The third kappa shape index (κ3) is 3.34. The quantitative estimate of drug-likeness (QED) is 0.865. The minimum absolute atomic E-state index is 0.204. The molecule has 0 bridgehead atoms. The standard InChI is InChI=1S/C11H14O4S/c1-8(16(2,14)15)7-9-3-5-10(6-4-9)11(12)13/h3-6,8H,7H2,1-2H3,(H,12,13). The van der Waals surface area contributed by atoms with Crippen molar-refractivity contribution in [3.63, 3.8) is 0 Å². The van der Waals surface area contributed by atoms with Gasteiger partial charge in [-0.05, 0) is 31.0 Å². The highest BCUT2D eigenvalue weighted by molar-refractivity contribution is 7.91. The molecule has 0 aliphatic rings. The van der Waals surface area contributed by atoms with E-state index in [1.807, 2.05) is 0 Å². The van der Waals surface area contributed by atoms with Crippen molar-refractivity contribution in [1.82, 2.24) is 0 Å². The van der Waals surface area contributed by atoms with Gasteiger partial charge in [0.05, 0.1) is 10.8 Å². The van der Waals surface area contributed by atoms with Gasteiger partial charge in [-0.3, -0.25) is 0 Å². The lowest BCUT2D eigenvalue weighted by atomic mass is 10.1. The van der Waals surface area contributed by atoms with Gasteiger partial charge in [-0.25, -0.2) is 13.2 Å². The second-order valence-electron chi connectivity index (χ2n) is 3.85. The number of hydrogen-bond acceptors (Lipinski definition) is 3. The molecule has 0 aliphatic carbocycles.